The standard InChI is InChI=1S/C18H19N3/c1-13-11-16(17-5-3-4-6-18(17)21-13)12-20-14(2)15-7-9-19-10-8-15/h3-11,14,20H,12H2,1-2H3/t14-/m0/s1. The maximum atomic E-state index is 4.59. The second-order valence-electron chi connectivity index (χ2n) is 5.32. The molecule has 2 heterocycles. The minimum absolute atomic E-state index is 0.292. The lowest BCUT2D eigenvalue weighted by atomic mass is 10.1. The van der Waals surface area contributed by atoms with Crippen molar-refractivity contribution in [1.29, 1.82) is 0 Å². The van der Waals surface area contributed by atoms with Gasteiger partial charge in [0.15, 0.2) is 0 Å². The van der Waals surface area contributed by atoms with Crippen LogP contribution in [0, 0.1) is 6.92 Å². The van der Waals surface area contributed by atoms with Gasteiger partial charge in [0.05, 0.1) is 5.52 Å². The Morgan fingerprint density at radius 1 is 1.10 bits per heavy atom. The van der Waals surface area contributed by atoms with E-state index in [2.05, 4.69) is 46.5 Å². The van der Waals surface area contributed by atoms with Crippen molar-refractivity contribution in [2.75, 3.05) is 0 Å². The summed E-state index contributed by atoms with van der Waals surface area (Å²) in [5, 5.41) is 4.80. The van der Waals surface area contributed by atoms with Crippen LogP contribution in [0.3, 0.4) is 0 Å². The van der Waals surface area contributed by atoms with E-state index in [1.54, 1.807) is 0 Å². The molecule has 0 aliphatic rings. The average Bonchev–Trinajstić information content (AvgIpc) is 2.53. The summed E-state index contributed by atoms with van der Waals surface area (Å²) in [4.78, 5) is 8.65. The molecule has 1 N–H and O–H groups in total. The number of hydrogen-bond donors (Lipinski definition) is 1. The summed E-state index contributed by atoms with van der Waals surface area (Å²) in [6.07, 6.45) is 3.67. The number of pyridine rings is 2. The van der Waals surface area contributed by atoms with Crippen molar-refractivity contribution >= 4 is 10.9 Å². The Hall–Kier alpha value is -2.26. The van der Waals surface area contributed by atoms with Crippen LogP contribution in [0.4, 0.5) is 0 Å². The van der Waals surface area contributed by atoms with Crippen LogP contribution >= 0.6 is 0 Å². The topological polar surface area (TPSA) is 37.8 Å². The summed E-state index contributed by atoms with van der Waals surface area (Å²) >= 11 is 0. The van der Waals surface area contributed by atoms with Gasteiger partial charge in [0.1, 0.15) is 0 Å². The highest BCUT2D eigenvalue weighted by Gasteiger charge is 2.07. The van der Waals surface area contributed by atoms with Gasteiger partial charge in [-0.25, -0.2) is 0 Å². The average molecular weight is 277 g/mol. The highest BCUT2D eigenvalue weighted by molar-refractivity contribution is 5.82. The Morgan fingerprint density at radius 2 is 1.86 bits per heavy atom. The van der Waals surface area contributed by atoms with Gasteiger partial charge < -0.3 is 5.32 Å². The Labute approximate surface area is 125 Å². The van der Waals surface area contributed by atoms with Gasteiger partial charge in [-0.2, -0.15) is 0 Å². The van der Waals surface area contributed by atoms with Crippen molar-refractivity contribution in [1.82, 2.24) is 15.3 Å². The Balaban J connectivity index is 1.82. The molecule has 0 saturated carbocycles. The summed E-state index contributed by atoms with van der Waals surface area (Å²) in [6, 6.07) is 14.9. The van der Waals surface area contributed by atoms with Crippen LogP contribution in [-0.2, 0) is 6.54 Å². The molecule has 0 aliphatic heterocycles. The quantitative estimate of drug-likeness (QED) is 0.788. The number of hydrogen-bond acceptors (Lipinski definition) is 3. The molecule has 21 heavy (non-hydrogen) atoms. The lowest BCUT2D eigenvalue weighted by Gasteiger charge is -2.15. The number of benzene rings is 1. The van der Waals surface area contributed by atoms with Crippen LogP contribution in [0.25, 0.3) is 10.9 Å². The molecule has 0 radical (unpaired) electrons. The third-order valence-electron chi connectivity index (χ3n) is 3.73. The molecular weight excluding hydrogens is 258 g/mol. The van der Waals surface area contributed by atoms with Gasteiger partial charge in [0.2, 0.25) is 0 Å². The molecule has 1 aromatic carbocycles. The van der Waals surface area contributed by atoms with E-state index in [4.69, 9.17) is 0 Å². The SMILES string of the molecule is Cc1cc(CN[C@@H](C)c2ccncc2)c2ccccc2n1. The minimum atomic E-state index is 0.292. The Morgan fingerprint density at radius 3 is 2.67 bits per heavy atom. The fourth-order valence-electron chi connectivity index (χ4n) is 2.57. The van der Waals surface area contributed by atoms with E-state index in [1.165, 1.54) is 16.5 Å². The zero-order valence-electron chi connectivity index (χ0n) is 12.4. The predicted molar refractivity (Wildman–Crippen MR) is 86.0 cm³/mol. The first-order valence-electron chi connectivity index (χ1n) is 7.22. The molecule has 0 fully saturated rings. The van der Waals surface area contributed by atoms with Gasteiger partial charge in [-0.3, -0.25) is 9.97 Å². The van der Waals surface area contributed by atoms with E-state index in [1.807, 2.05) is 37.5 Å². The molecule has 2 aromatic heterocycles. The molecule has 3 aromatic rings. The molecule has 0 unspecified atom stereocenters. The molecule has 3 rings (SSSR count). The van der Waals surface area contributed by atoms with Crippen molar-refractivity contribution in [3.05, 3.63) is 71.7 Å². The van der Waals surface area contributed by atoms with E-state index in [9.17, 15) is 0 Å². The first-order valence-corrected chi connectivity index (χ1v) is 7.22. The zero-order valence-corrected chi connectivity index (χ0v) is 12.4. The highest BCUT2D eigenvalue weighted by atomic mass is 14.9. The summed E-state index contributed by atoms with van der Waals surface area (Å²) in [5.74, 6) is 0. The highest BCUT2D eigenvalue weighted by Crippen LogP contribution is 2.19. The van der Waals surface area contributed by atoms with E-state index in [0.717, 1.165) is 17.8 Å². The number of nitrogens with one attached hydrogen (secondary N) is 1. The van der Waals surface area contributed by atoms with Gasteiger partial charge in [-0.1, -0.05) is 18.2 Å². The molecule has 1 atom stereocenters. The van der Waals surface area contributed by atoms with E-state index >= 15 is 0 Å². The van der Waals surface area contributed by atoms with E-state index in [-0.39, 0.29) is 0 Å². The fourth-order valence-corrected chi connectivity index (χ4v) is 2.57. The van der Waals surface area contributed by atoms with Crippen LogP contribution in [0.5, 0.6) is 0 Å². The summed E-state index contributed by atoms with van der Waals surface area (Å²) in [7, 11) is 0. The van der Waals surface area contributed by atoms with Gasteiger partial charge in [-0.05, 0) is 49.2 Å². The zero-order chi connectivity index (χ0) is 14.7. The first kappa shape index (κ1) is 13.7. The number of para-hydroxylation sites is 1. The largest absolute Gasteiger partial charge is 0.306 e. The van der Waals surface area contributed by atoms with E-state index in [0.29, 0.717) is 6.04 Å². The molecule has 106 valence electrons. The third-order valence-corrected chi connectivity index (χ3v) is 3.73. The lowest BCUT2D eigenvalue weighted by molar-refractivity contribution is 0.575. The van der Waals surface area contributed by atoms with Crippen LogP contribution in [0.2, 0.25) is 0 Å². The summed E-state index contributed by atoms with van der Waals surface area (Å²) < 4.78 is 0. The van der Waals surface area contributed by atoms with Crippen molar-refractivity contribution in [2.45, 2.75) is 26.4 Å². The first-order chi connectivity index (χ1) is 10.2. The smallest absolute Gasteiger partial charge is 0.0708 e. The number of fused-ring (bicyclic) bond motifs is 1. The summed E-state index contributed by atoms with van der Waals surface area (Å²) in [6.45, 7) is 5.04. The van der Waals surface area contributed by atoms with Crippen molar-refractivity contribution in [2.24, 2.45) is 0 Å². The van der Waals surface area contributed by atoms with E-state index < -0.39 is 0 Å². The third kappa shape index (κ3) is 3.09. The number of aryl methyl sites for hydroxylation is 1. The molecule has 0 saturated heterocycles. The number of nitrogens with zero attached hydrogens (tertiary/aromatic N) is 2. The van der Waals surface area contributed by atoms with Crippen molar-refractivity contribution in [3.8, 4) is 0 Å². The monoisotopic (exact) mass is 277 g/mol. The molecular formula is C18H19N3. The van der Waals surface area contributed by atoms with Crippen LogP contribution in [-0.4, -0.2) is 9.97 Å². The Kier molecular flexibility index (Phi) is 3.93. The summed E-state index contributed by atoms with van der Waals surface area (Å²) in [5.41, 5.74) is 4.66. The van der Waals surface area contributed by atoms with Gasteiger partial charge in [0, 0.05) is 36.1 Å². The predicted octanol–water partition coefficient (Wildman–Crippen LogP) is 3.79. The van der Waals surface area contributed by atoms with Crippen molar-refractivity contribution in [3.63, 3.8) is 0 Å². The number of rotatable bonds is 4. The molecule has 0 aliphatic carbocycles. The molecule has 3 nitrogen and oxygen atoms in total. The van der Waals surface area contributed by atoms with Crippen LogP contribution in [0.1, 0.15) is 29.8 Å². The normalized spacial score (nSPS) is 12.5. The molecule has 0 bridgehead atoms. The van der Waals surface area contributed by atoms with Crippen molar-refractivity contribution < 1.29 is 0 Å². The van der Waals surface area contributed by atoms with Gasteiger partial charge in [-0.15, -0.1) is 0 Å². The second-order valence-corrected chi connectivity index (χ2v) is 5.32. The minimum Gasteiger partial charge on any atom is -0.306 e. The maximum absolute atomic E-state index is 4.59. The van der Waals surface area contributed by atoms with Crippen LogP contribution in [0.15, 0.2) is 54.9 Å². The van der Waals surface area contributed by atoms with Crippen LogP contribution < -0.4 is 5.32 Å². The van der Waals surface area contributed by atoms with Gasteiger partial charge >= 0.3 is 0 Å². The molecule has 0 amide bonds. The molecule has 0 spiro atoms. The lowest BCUT2D eigenvalue weighted by Crippen LogP contribution is -2.18. The Bertz CT molecular complexity index is 738. The fraction of sp³-hybridized carbons (Fsp3) is 0.222. The molecule has 3 heteroatoms. The van der Waals surface area contributed by atoms with Gasteiger partial charge in [0.25, 0.3) is 0 Å². The second kappa shape index (κ2) is 6.02. The maximum Gasteiger partial charge on any atom is 0.0708 e. The number of aromatic nitrogens is 2.